The van der Waals surface area contributed by atoms with Crippen molar-refractivity contribution in [2.45, 2.75) is 25.6 Å². The lowest BCUT2D eigenvalue weighted by Crippen LogP contribution is -2.55. The first-order valence-corrected chi connectivity index (χ1v) is 10.5. The van der Waals surface area contributed by atoms with E-state index in [0.29, 0.717) is 18.2 Å². The van der Waals surface area contributed by atoms with Crippen LogP contribution in [0, 0.1) is 0 Å². The van der Waals surface area contributed by atoms with Crippen LogP contribution in [0.15, 0.2) is 53.2 Å². The number of likely N-dealkylation sites (tertiary alicyclic amines) is 1. The largest absolute Gasteiger partial charge is 0.415 e. The van der Waals surface area contributed by atoms with Crippen LogP contribution in [0.5, 0.6) is 0 Å². The zero-order valence-corrected chi connectivity index (χ0v) is 17.9. The number of halogens is 2. The molecule has 1 N–H and O–H groups in total. The molecule has 0 radical (unpaired) electrons. The van der Waals surface area contributed by atoms with Gasteiger partial charge in [-0.05, 0) is 24.7 Å². The molecule has 5 rings (SSSR count). The van der Waals surface area contributed by atoms with Crippen LogP contribution in [0.1, 0.15) is 23.6 Å². The summed E-state index contributed by atoms with van der Waals surface area (Å²) in [6.45, 7) is 3.45. The fraction of sp³-hybridized carbons (Fsp3) is 0.318. The summed E-state index contributed by atoms with van der Waals surface area (Å²) in [6.07, 6.45) is 0.562. The highest BCUT2D eigenvalue weighted by Crippen LogP contribution is 2.23. The monoisotopic (exact) mass is 452 g/mol. The van der Waals surface area contributed by atoms with E-state index < -0.39 is 12.3 Å². The predicted molar refractivity (Wildman–Crippen MR) is 115 cm³/mol. The number of hydrogen-bond donors (Lipinski definition) is 1. The van der Waals surface area contributed by atoms with Crippen molar-refractivity contribution >= 4 is 0 Å². The first kappa shape index (κ1) is 21.3. The third-order valence-corrected chi connectivity index (χ3v) is 5.47. The molecule has 11 heteroatoms. The zero-order valence-electron chi connectivity index (χ0n) is 17.9. The standard InChI is InChI=1S/C22H22F2N8O/c1-31-10-18(11-31)25-8-14-2-4-15(5-3-14)19-13-32(30-27-19)12-17-7-6-16(9-26-17)21-28-29-22(33-21)20(23)24/h2-7,9,13,18,20,25H,8,10-12H2,1H3. The van der Waals surface area contributed by atoms with Crippen LogP contribution in [0.4, 0.5) is 8.78 Å². The number of alkyl halides is 2. The van der Waals surface area contributed by atoms with E-state index in [1.807, 2.05) is 18.3 Å². The van der Waals surface area contributed by atoms with Crippen molar-refractivity contribution in [3.8, 4) is 22.7 Å². The molecule has 170 valence electrons. The summed E-state index contributed by atoms with van der Waals surface area (Å²) < 4.78 is 31.9. The molecule has 0 amide bonds. The van der Waals surface area contributed by atoms with Crippen molar-refractivity contribution in [2.24, 2.45) is 0 Å². The van der Waals surface area contributed by atoms with Crippen molar-refractivity contribution in [2.75, 3.05) is 20.1 Å². The van der Waals surface area contributed by atoms with E-state index in [2.05, 4.69) is 54.9 Å². The van der Waals surface area contributed by atoms with E-state index in [-0.39, 0.29) is 5.89 Å². The van der Waals surface area contributed by atoms with Crippen molar-refractivity contribution < 1.29 is 13.2 Å². The van der Waals surface area contributed by atoms with Crippen LogP contribution in [-0.4, -0.2) is 61.3 Å². The topological polar surface area (TPSA) is 97.8 Å². The number of rotatable bonds is 8. The summed E-state index contributed by atoms with van der Waals surface area (Å²) >= 11 is 0. The molecule has 3 aromatic heterocycles. The van der Waals surface area contributed by atoms with Crippen molar-refractivity contribution in [3.63, 3.8) is 0 Å². The van der Waals surface area contributed by atoms with Crippen LogP contribution in [0.25, 0.3) is 22.7 Å². The molecular weight excluding hydrogens is 430 g/mol. The van der Waals surface area contributed by atoms with Gasteiger partial charge in [0, 0.05) is 37.4 Å². The molecule has 1 aliphatic heterocycles. The fourth-order valence-corrected chi connectivity index (χ4v) is 3.64. The second-order valence-corrected chi connectivity index (χ2v) is 8.08. The minimum Gasteiger partial charge on any atom is -0.415 e. The van der Waals surface area contributed by atoms with E-state index in [1.165, 1.54) is 11.8 Å². The third kappa shape index (κ3) is 4.94. The van der Waals surface area contributed by atoms with E-state index in [9.17, 15) is 8.78 Å². The van der Waals surface area contributed by atoms with Crippen LogP contribution in [0.2, 0.25) is 0 Å². The number of nitrogens with zero attached hydrogens (tertiary/aromatic N) is 7. The Hall–Kier alpha value is -3.57. The lowest BCUT2D eigenvalue weighted by molar-refractivity contribution is 0.116. The van der Waals surface area contributed by atoms with E-state index in [1.54, 1.807) is 16.8 Å². The highest BCUT2D eigenvalue weighted by molar-refractivity contribution is 5.58. The van der Waals surface area contributed by atoms with Crippen LogP contribution in [-0.2, 0) is 13.1 Å². The summed E-state index contributed by atoms with van der Waals surface area (Å²) in [7, 11) is 2.12. The Balaban J connectivity index is 1.19. The Kier molecular flexibility index (Phi) is 5.88. The van der Waals surface area contributed by atoms with Gasteiger partial charge in [0.15, 0.2) is 0 Å². The molecule has 1 saturated heterocycles. The van der Waals surface area contributed by atoms with Crippen LogP contribution >= 0.6 is 0 Å². The molecule has 4 heterocycles. The average molecular weight is 452 g/mol. The van der Waals surface area contributed by atoms with Crippen LogP contribution < -0.4 is 5.32 Å². The maximum Gasteiger partial charge on any atom is 0.314 e. The molecule has 0 saturated carbocycles. The number of hydrogen-bond acceptors (Lipinski definition) is 8. The van der Waals surface area contributed by atoms with Crippen molar-refractivity contribution in [3.05, 3.63) is 65.9 Å². The molecule has 1 aromatic carbocycles. The smallest absolute Gasteiger partial charge is 0.314 e. The molecule has 1 fully saturated rings. The fourth-order valence-electron chi connectivity index (χ4n) is 3.64. The van der Waals surface area contributed by atoms with E-state index >= 15 is 0 Å². The minimum atomic E-state index is -2.80. The molecule has 0 spiro atoms. The van der Waals surface area contributed by atoms with Gasteiger partial charge in [-0.25, -0.2) is 4.68 Å². The van der Waals surface area contributed by atoms with E-state index in [0.717, 1.165) is 36.6 Å². The van der Waals surface area contributed by atoms with Gasteiger partial charge in [0.1, 0.15) is 5.69 Å². The molecular formula is C22H22F2N8O. The quantitative estimate of drug-likeness (QED) is 0.436. The Morgan fingerprint density at radius 2 is 1.85 bits per heavy atom. The second kappa shape index (κ2) is 9.12. The van der Waals surface area contributed by atoms with Crippen molar-refractivity contribution in [1.82, 2.24) is 40.4 Å². The molecule has 0 bridgehead atoms. The van der Waals surface area contributed by atoms with Gasteiger partial charge in [0.05, 0.1) is 24.0 Å². The first-order chi connectivity index (χ1) is 16.0. The lowest BCUT2D eigenvalue weighted by atomic mass is 10.1. The molecule has 33 heavy (non-hydrogen) atoms. The number of nitrogens with one attached hydrogen (secondary N) is 1. The summed E-state index contributed by atoms with van der Waals surface area (Å²) in [5.41, 5.74) is 4.19. The summed E-state index contributed by atoms with van der Waals surface area (Å²) in [6, 6.07) is 12.3. The first-order valence-electron chi connectivity index (χ1n) is 10.5. The summed E-state index contributed by atoms with van der Waals surface area (Å²) in [4.78, 5) is 6.62. The Bertz CT molecular complexity index is 1200. The summed E-state index contributed by atoms with van der Waals surface area (Å²) in [5.74, 6) is -0.703. The van der Waals surface area contributed by atoms with Gasteiger partial charge in [0.2, 0.25) is 5.89 Å². The molecule has 4 aromatic rings. The zero-order chi connectivity index (χ0) is 22.8. The van der Waals surface area contributed by atoms with E-state index in [4.69, 9.17) is 4.42 Å². The molecule has 0 aliphatic carbocycles. The van der Waals surface area contributed by atoms with Gasteiger partial charge in [-0.15, -0.1) is 15.3 Å². The third-order valence-electron chi connectivity index (χ3n) is 5.47. The van der Waals surface area contributed by atoms with Gasteiger partial charge in [0.25, 0.3) is 5.89 Å². The summed E-state index contributed by atoms with van der Waals surface area (Å²) in [5, 5.41) is 18.9. The average Bonchev–Trinajstić information content (AvgIpc) is 3.47. The molecule has 9 nitrogen and oxygen atoms in total. The van der Waals surface area contributed by atoms with Gasteiger partial charge in [-0.2, -0.15) is 8.78 Å². The second-order valence-electron chi connectivity index (χ2n) is 8.08. The Labute approximate surface area is 188 Å². The number of likely N-dealkylation sites (N-methyl/N-ethyl adjacent to an activating group) is 1. The predicted octanol–water partition coefficient (Wildman–Crippen LogP) is 2.78. The highest BCUT2D eigenvalue weighted by Gasteiger charge is 2.22. The number of pyridine rings is 1. The number of benzene rings is 1. The molecule has 1 aliphatic rings. The van der Waals surface area contributed by atoms with Gasteiger partial charge in [-0.1, -0.05) is 29.5 Å². The van der Waals surface area contributed by atoms with Crippen LogP contribution in [0.3, 0.4) is 0 Å². The number of aromatic nitrogens is 6. The molecule has 0 atom stereocenters. The Morgan fingerprint density at radius 3 is 2.52 bits per heavy atom. The maximum absolute atomic E-state index is 12.6. The van der Waals surface area contributed by atoms with Crippen molar-refractivity contribution in [1.29, 1.82) is 0 Å². The maximum atomic E-state index is 12.6. The SMILES string of the molecule is CN1CC(NCc2ccc(-c3cn(Cc4ccc(-c5nnc(C(F)F)o5)cn4)nn3)cc2)C1. The van der Waals surface area contributed by atoms with Gasteiger partial charge >= 0.3 is 6.43 Å². The molecule has 0 unspecified atom stereocenters. The minimum absolute atomic E-state index is 0.00561. The lowest BCUT2D eigenvalue weighted by Gasteiger charge is -2.36. The Morgan fingerprint density at radius 1 is 1.06 bits per heavy atom. The van der Waals surface area contributed by atoms with Gasteiger partial charge < -0.3 is 14.6 Å². The van der Waals surface area contributed by atoms with Gasteiger partial charge in [-0.3, -0.25) is 4.98 Å². The highest BCUT2D eigenvalue weighted by atomic mass is 19.3. The normalized spacial score (nSPS) is 14.7.